The molecule has 3 fully saturated rings. The van der Waals surface area contributed by atoms with Crippen molar-refractivity contribution in [3.05, 3.63) is 0 Å². The maximum absolute atomic E-state index is 11.5. The second-order valence-electron chi connectivity index (χ2n) is 7.18. The van der Waals surface area contributed by atoms with Gasteiger partial charge in [-0.25, -0.2) is 8.42 Å². The lowest BCUT2D eigenvalue weighted by molar-refractivity contribution is 0.298. The van der Waals surface area contributed by atoms with Crippen LogP contribution in [0.5, 0.6) is 0 Å². The number of hydrogen-bond donors (Lipinski definition) is 1. The van der Waals surface area contributed by atoms with Gasteiger partial charge in [0.05, 0.1) is 11.5 Å². The Morgan fingerprint density at radius 2 is 1.71 bits per heavy atom. The second-order valence-corrected chi connectivity index (χ2v) is 9.48. The number of sulfone groups is 1. The molecule has 2 unspecified atom stereocenters. The quantitative estimate of drug-likeness (QED) is 0.380. The predicted octanol–water partition coefficient (Wildman–Crippen LogP) is 1.03. The lowest BCUT2D eigenvalue weighted by atomic mass is 9.82. The third-order valence-electron chi connectivity index (χ3n) is 5.64. The average Bonchev–Trinajstić information content (AvgIpc) is 2.96. The van der Waals surface area contributed by atoms with Crippen molar-refractivity contribution in [3.63, 3.8) is 0 Å². The fraction of sp³-hybridized carbons (Fsp3) is 0.938. The molecule has 0 bridgehead atoms. The molecule has 1 saturated carbocycles. The minimum absolute atomic E-state index is 0. The van der Waals surface area contributed by atoms with E-state index in [4.69, 9.17) is 0 Å². The lowest BCUT2D eigenvalue weighted by Gasteiger charge is -2.28. The third kappa shape index (κ3) is 5.20. The van der Waals surface area contributed by atoms with E-state index in [0.717, 1.165) is 44.0 Å². The van der Waals surface area contributed by atoms with E-state index < -0.39 is 9.84 Å². The molecule has 2 atom stereocenters. The highest BCUT2D eigenvalue weighted by Crippen LogP contribution is 2.35. The van der Waals surface area contributed by atoms with Crippen LogP contribution in [0.15, 0.2) is 4.99 Å². The molecule has 3 rings (SSSR count). The highest BCUT2D eigenvalue weighted by atomic mass is 127. The molecule has 3 aliphatic rings. The minimum atomic E-state index is -2.78. The topological polar surface area (TPSA) is 65.0 Å². The van der Waals surface area contributed by atoms with E-state index in [-0.39, 0.29) is 24.0 Å². The summed E-state index contributed by atoms with van der Waals surface area (Å²) in [4.78, 5) is 9.10. The Hall–Kier alpha value is -0.0900. The standard InChI is InChI=1S/C16H30N4O2S.HI/c1-17-16(20-12-14-4-2-3-5-15(14)13-20)18-6-7-19-8-10-23(21,22)11-9-19;/h14-15H,2-13H2,1H3,(H,17,18);1H. The number of nitrogens with one attached hydrogen (secondary N) is 1. The molecule has 1 aliphatic carbocycles. The smallest absolute Gasteiger partial charge is 0.193 e. The highest BCUT2D eigenvalue weighted by Gasteiger charge is 2.35. The Bertz CT molecular complexity index is 512. The first kappa shape index (κ1) is 20.2. The van der Waals surface area contributed by atoms with Crippen LogP contribution in [0.25, 0.3) is 0 Å². The fourth-order valence-corrected chi connectivity index (χ4v) is 5.49. The molecule has 2 heterocycles. The Labute approximate surface area is 163 Å². The molecular weight excluding hydrogens is 439 g/mol. The van der Waals surface area contributed by atoms with E-state index in [0.29, 0.717) is 24.6 Å². The van der Waals surface area contributed by atoms with Crippen molar-refractivity contribution >= 4 is 39.8 Å². The van der Waals surface area contributed by atoms with E-state index >= 15 is 0 Å². The first-order valence-electron chi connectivity index (χ1n) is 8.96. The number of hydrogen-bond acceptors (Lipinski definition) is 4. The van der Waals surface area contributed by atoms with Crippen molar-refractivity contribution in [1.82, 2.24) is 15.1 Å². The van der Waals surface area contributed by atoms with Crippen LogP contribution in [0, 0.1) is 11.8 Å². The third-order valence-corrected chi connectivity index (χ3v) is 7.24. The van der Waals surface area contributed by atoms with Gasteiger partial charge in [0.25, 0.3) is 0 Å². The zero-order chi connectivity index (χ0) is 16.3. The monoisotopic (exact) mass is 470 g/mol. The van der Waals surface area contributed by atoms with E-state index in [1.54, 1.807) is 0 Å². The Morgan fingerprint density at radius 1 is 1.12 bits per heavy atom. The molecule has 8 heteroatoms. The predicted molar refractivity (Wildman–Crippen MR) is 109 cm³/mol. The molecular formula is C16H31IN4O2S. The maximum atomic E-state index is 11.5. The van der Waals surface area contributed by atoms with Gasteiger partial charge in [-0.1, -0.05) is 12.8 Å². The summed E-state index contributed by atoms with van der Waals surface area (Å²) in [5, 5.41) is 3.47. The summed E-state index contributed by atoms with van der Waals surface area (Å²) in [6, 6.07) is 0. The van der Waals surface area contributed by atoms with Crippen molar-refractivity contribution < 1.29 is 8.42 Å². The van der Waals surface area contributed by atoms with E-state index in [2.05, 4.69) is 20.1 Å². The minimum Gasteiger partial charge on any atom is -0.355 e. The summed E-state index contributed by atoms with van der Waals surface area (Å²) in [6.45, 7) is 5.33. The van der Waals surface area contributed by atoms with E-state index in [9.17, 15) is 8.42 Å². The van der Waals surface area contributed by atoms with Crippen LogP contribution in [0.3, 0.4) is 0 Å². The first-order chi connectivity index (χ1) is 11.1. The van der Waals surface area contributed by atoms with E-state index in [1.165, 1.54) is 25.7 Å². The molecule has 0 radical (unpaired) electrons. The van der Waals surface area contributed by atoms with Gasteiger partial charge in [0.2, 0.25) is 0 Å². The summed E-state index contributed by atoms with van der Waals surface area (Å²) < 4.78 is 22.9. The summed E-state index contributed by atoms with van der Waals surface area (Å²) in [5.74, 6) is 3.34. The van der Waals surface area contributed by atoms with Crippen LogP contribution >= 0.6 is 24.0 Å². The van der Waals surface area contributed by atoms with Gasteiger partial charge in [0, 0.05) is 46.3 Å². The van der Waals surface area contributed by atoms with Gasteiger partial charge < -0.3 is 10.2 Å². The SMILES string of the molecule is CN=C(NCCN1CCS(=O)(=O)CC1)N1CC2CCCCC2C1.I. The molecule has 2 saturated heterocycles. The molecule has 6 nitrogen and oxygen atoms in total. The molecule has 0 aromatic heterocycles. The van der Waals surface area contributed by atoms with Crippen LogP contribution in [0.2, 0.25) is 0 Å². The van der Waals surface area contributed by atoms with Crippen molar-refractivity contribution in [3.8, 4) is 0 Å². The lowest BCUT2D eigenvalue weighted by Crippen LogP contribution is -2.46. The molecule has 2 aliphatic heterocycles. The number of rotatable bonds is 3. The van der Waals surface area contributed by atoms with Gasteiger partial charge in [-0.05, 0) is 24.7 Å². The Balaban J connectivity index is 0.00000208. The number of halogens is 1. The first-order valence-corrected chi connectivity index (χ1v) is 10.8. The van der Waals surface area contributed by atoms with Gasteiger partial charge in [-0.2, -0.15) is 0 Å². The molecule has 1 N–H and O–H groups in total. The van der Waals surface area contributed by atoms with Gasteiger partial charge in [-0.3, -0.25) is 9.89 Å². The maximum Gasteiger partial charge on any atom is 0.193 e. The van der Waals surface area contributed by atoms with E-state index in [1.807, 2.05) is 7.05 Å². The summed E-state index contributed by atoms with van der Waals surface area (Å²) in [5.41, 5.74) is 0. The summed E-state index contributed by atoms with van der Waals surface area (Å²) in [7, 11) is -0.922. The fourth-order valence-electron chi connectivity index (χ4n) is 4.21. The van der Waals surface area contributed by atoms with Crippen LogP contribution in [-0.2, 0) is 9.84 Å². The Kier molecular flexibility index (Phi) is 7.60. The van der Waals surface area contributed by atoms with Crippen molar-refractivity contribution in [2.45, 2.75) is 25.7 Å². The van der Waals surface area contributed by atoms with Crippen molar-refractivity contribution in [2.24, 2.45) is 16.8 Å². The highest BCUT2D eigenvalue weighted by molar-refractivity contribution is 14.0. The van der Waals surface area contributed by atoms with Gasteiger partial charge in [0.1, 0.15) is 0 Å². The zero-order valence-corrected chi connectivity index (χ0v) is 17.8. The van der Waals surface area contributed by atoms with Crippen LogP contribution in [0.1, 0.15) is 25.7 Å². The largest absolute Gasteiger partial charge is 0.355 e. The Morgan fingerprint density at radius 3 is 2.25 bits per heavy atom. The van der Waals surface area contributed by atoms with Gasteiger partial charge in [-0.15, -0.1) is 24.0 Å². The molecule has 0 spiro atoms. The zero-order valence-electron chi connectivity index (χ0n) is 14.6. The number of fused-ring (bicyclic) bond motifs is 1. The molecule has 0 amide bonds. The van der Waals surface area contributed by atoms with Crippen LogP contribution < -0.4 is 5.32 Å². The number of aliphatic imine (C=N–C) groups is 1. The summed E-state index contributed by atoms with van der Waals surface area (Å²) >= 11 is 0. The number of nitrogens with zero attached hydrogens (tertiary/aromatic N) is 3. The number of guanidine groups is 1. The molecule has 0 aromatic rings. The molecule has 24 heavy (non-hydrogen) atoms. The van der Waals surface area contributed by atoms with Crippen LogP contribution in [-0.4, -0.2) is 82.0 Å². The van der Waals surface area contributed by atoms with Crippen molar-refractivity contribution in [2.75, 3.05) is 57.8 Å². The van der Waals surface area contributed by atoms with Gasteiger partial charge >= 0.3 is 0 Å². The normalized spacial score (nSPS) is 30.5. The second kappa shape index (κ2) is 9.02. The summed E-state index contributed by atoms with van der Waals surface area (Å²) in [6.07, 6.45) is 5.53. The number of likely N-dealkylation sites (tertiary alicyclic amines) is 1. The molecule has 0 aromatic carbocycles. The van der Waals surface area contributed by atoms with Crippen LogP contribution in [0.4, 0.5) is 0 Å². The van der Waals surface area contributed by atoms with Gasteiger partial charge in [0.15, 0.2) is 15.8 Å². The van der Waals surface area contributed by atoms with Crippen molar-refractivity contribution in [1.29, 1.82) is 0 Å². The molecule has 140 valence electrons. The average molecular weight is 470 g/mol.